The fraction of sp³-hybridized carbons (Fsp3) is 0.294. The van der Waals surface area contributed by atoms with E-state index in [1.807, 2.05) is 44.3 Å². The molecule has 2 aromatic carbocycles. The number of likely N-dealkylation sites (N-methyl/N-ethyl adjacent to an activating group) is 1. The van der Waals surface area contributed by atoms with Gasteiger partial charge in [-0.1, -0.05) is 28.1 Å². The van der Waals surface area contributed by atoms with Crippen molar-refractivity contribution in [1.82, 2.24) is 5.32 Å². The second-order valence-electron chi connectivity index (χ2n) is 5.03. The van der Waals surface area contributed by atoms with Crippen molar-refractivity contribution in [3.8, 4) is 5.75 Å². The second-order valence-corrected chi connectivity index (χ2v) is 5.88. The Morgan fingerprint density at radius 2 is 2.00 bits per heavy atom. The zero-order valence-corrected chi connectivity index (χ0v) is 14.0. The van der Waals surface area contributed by atoms with Crippen molar-refractivity contribution in [2.45, 2.75) is 19.4 Å². The van der Waals surface area contributed by atoms with Crippen molar-refractivity contribution < 1.29 is 9.13 Å². The Kier molecular flexibility index (Phi) is 5.37. The molecule has 0 amide bonds. The highest BCUT2D eigenvalue weighted by Crippen LogP contribution is 2.28. The molecule has 0 bridgehead atoms. The summed E-state index contributed by atoms with van der Waals surface area (Å²) >= 11 is 3.54. The molecule has 0 spiro atoms. The summed E-state index contributed by atoms with van der Waals surface area (Å²) in [4.78, 5) is 0. The lowest BCUT2D eigenvalue weighted by Gasteiger charge is -2.19. The van der Waals surface area contributed by atoms with E-state index in [0.29, 0.717) is 12.0 Å². The Morgan fingerprint density at radius 1 is 1.24 bits per heavy atom. The largest absolute Gasteiger partial charge is 0.497 e. The number of hydrogen-bond donors (Lipinski definition) is 1. The summed E-state index contributed by atoms with van der Waals surface area (Å²) < 4.78 is 20.4. The van der Waals surface area contributed by atoms with Crippen molar-refractivity contribution >= 4 is 15.9 Å². The van der Waals surface area contributed by atoms with Crippen LogP contribution in [0, 0.1) is 12.7 Å². The van der Waals surface area contributed by atoms with Gasteiger partial charge in [0.2, 0.25) is 0 Å². The van der Waals surface area contributed by atoms with Crippen molar-refractivity contribution in [2.75, 3.05) is 14.2 Å². The highest BCUT2D eigenvalue weighted by atomic mass is 79.9. The Balaban J connectivity index is 2.30. The number of benzene rings is 2. The maximum Gasteiger partial charge on any atom is 0.128 e. The molecule has 0 aliphatic rings. The summed E-state index contributed by atoms with van der Waals surface area (Å²) in [6.45, 7) is 1.89. The first-order valence-electron chi connectivity index (χ1n) is 6.81. The highest BCUT2D eigenvalue weighted by Gasteiger charge is 2.16. The van der Waals surface area contributed by atoms with Crippen LogP contribution in [0.3, 0.4) is 0 Å². The van der Waals surface area contributed by atoms with Gasteiger partial charge in [-0.3, -0.25) is 0 Å². The van der Waals surface area contributed by atoms with E-state index in [2.05, 4.69) is 21.2 Å². The lowest BCUT2D eigenvalue weighted by atomic mass is 9.97. The molecule has 0 heterocycles. The number of ether oxygens (including phenoxy) is 1. The molecule has 0 saturated carbocycles. The summed E-state index contributed by atoms with van der Waals surface area (Å²) in [6.07, 6.45) is 0.675. The van der Waals surface area contributed by atoms with Gasteiger partial charge in [-0.15, -0.1) is 0 Å². The zero-order valence-electron chi connectivity index (χ0n) is 12.4. The maximum absolute atomic E-state index is 14.2. The average molecular weight is 352 g/mol. The first-order chi connectivity index (χ1) is 10.0. The molecule has 2 aromatic rings. The lowest BCUT2D eigenvalue weighted by molar-refractivity contribution is 0.413. The van der Waals surface area contributed by atoms with E-state index in [4.69, 9.17) is 4.74 Å². The van der Waals surface area contributed by atoms with E-state index >= 15 is 0 Å². The van der Waals surface area contributed by atoms with Gasteiger partial charge in [0.1, 0.15) is 11.6 Å². The topological polar surface area (TPSA) is 21.3 Å². The normalized spacial score (nSPS) is 12.2. The molecule has 2 nitrogen and oxygen atoms in total. The zero-order chi connectivity index (χ0) is 15.4. The molecule has 0 fully saturated rings. The lowest BCUT2D eigenvalue weighted by Crippen LogP contribution is -2.20. The van der Waals surface area contributed by atoms with Crippen molar-refractivity contribution in [3.05, 3.63) is 63.4 Å². The van der Waals surface area contributed by atoms with Gasteiger partial charge >= 0.3 is 0 Å². The third-order valence-corrected chi connectivity index (χ3v) is 4.33. The molecule has 0 aliphatic carbocycles. The Bertz CT molecular complexity index is 630. The molecule has 112 valence electrons. The van der Waals surface area contributed by atoms with E-state index < -0.39 is 0 Å². The minimum atomic E-state index is -0.173. The van der Waals surface area contributed by atoms with E-state index in [0.717, 1.165) is 21.3 Å². The number of rotatable bonds is 5. The van der Waals surface area contributed by atoms with Crippen LogP contribution in [0.5, 0.6) is 5.75 Å². The van der Waals surface area contributed by atoms with E-state index in [-0.39, 0.29) is 11.9 Å². The summed E-state index contributed by atoms with van der Waals surface area (Å²) in [5.41, 5.74) is 2.68. The molecule has 21 heavy (non-hydrogen) atoms. The minimum absolute atomic E-state index is 0.0889. The van der Waals surface area contributed by atoms with Crippen molar-refractivity contribution in [2.24, 2.45) is 0 Å². The highest BCUT2D eigenvalue weighted by molar-refractivity contribution is 9.10. The Labute approximate surface area is 133 Å². The molecular formula is C17H19BrFNO. The fourth-order valence-corrected chi connectivity index (χ4v) is 2.75. The van der Waals surface area contributed by atoms with Crippen molar-refractivity contribution in [3.63, 3.8) is 0 Å². The SMILES string of the molecule is CNC(Cc1cc(OC)ccc1Br)c1ccc(C)cc1F. The van der Waals surface area contributed by atoms with Crippen LogP contribution in [0.25, 0.3) is 0 Å². The van der Waals surface area contributed by atoms with Crippen LogP contribution in [0.1, 0.15) is 22.7 Å². The maximum atomic E-state index is 14.2. The molecule has 0 aromatic heterocycles. The molecule has 0 aliphatic heterocycles. The molecule has 1 unspecified atom stereocenters. The quantitative estimate of drug-likeness (QED) is 0.861. The van der Waals surface area contributed by atoms with Crippen LogP contribution < -0.4 is 10.1 Å². The van der Waals surface area contributed by atoms with E-state index in [9.17, 15) is 4.39 Å². The van der Waals surface area contributed by atoms with Gasteiger partial charge in [0.25, 0.3) is 0 Å². The standard InChI is InChI=1S/C17H19BrFNO/c1-11-4-6-14(16(19)8-11)17(20-2)10-12-9-13(21-3)5-7-15(12)18/h4-9,17,20H,10H2,1-3H3. The second kappa shape index (κ2) is 7.05. The first kappa shape index (κ1) is 16.0. The monoisotopic (exact) mass is 351 g/mol. The van der Waals surface area contributed by atoms with E-state index in [1.54, 1.807) is 13.2 Å². The Morgan fingerprint density at radius 3 is 2.62 bits per heavy atom. The molecular weight excluding hydrogens is 333 g/mol. The third-order valence-electron chi connectivity index (χ3n) is 3.56. The van der Waals surface area contributed by atoms with Gasteiger partial charge < -0.3 is 10.1 Å². The Hall–Kier alpha value is -1.39. The molecule has 1 atom stereocenters. The third kappa shape index (κ3) is 3.83. The van der Waals surface area contributed by atoms with Crippen LogP contribution >= 0.6 is 15.9 Å². The van der Waals surface area contributed by atoms with Crippen LogP contribution in [0.15, 0.2) is 40.9 Å². The smallest absolute Gasteiger partial charge is 0.128 e. The van der Waals surface area contributed by atoms with E-state index in [1.165, 1.54) is 0 Å². The van der Waals surface area contributed by atoms with Crippen molar-refractivity contribution in [1.29, 1.82) is 0 Å². The number of hydrogen-bond acceptors (Lipinski definition) is 2. The first-order valence-corrected chi connectivity index (χ1v) is 7.60. The summed E-state index contributed by atoms with van der Waals surface area (Å²) in [5.74, 6) is 0.626. The van der Waals surface area contributed by atoms with Gasteiger partial charge in [-0.2, -0.15) is 0 Å². The van der Waals surface area contributed by atoms with Crippen LogP contribution in [-0.2, 0) is 6.42 Å². The fourth-order valence-electron chi connectivity index (χ4n) is 2.34. The summed E-state index contributed by atoms with van der Waals surface area (Å²) in [5, 5.41) is 3.19. The number of nitrogens with one attached hydrogen (secondary N) is 1. The van der Waals surface area contributed by atoms with Crippen LogP contribution in [0.2, 0.25) is 0 Å². The molecule has 1 N–H and O–H groups in total. The van der Waals surface area contributed by atoms with Gasteiger partial charge in [0.05, 0.1) is 7.11 Å². The minimum Gasteiger partial charge on any atom is -0.497 e. The van der Waals surface area contributed by atoms with Gasteiger partial charge in [0.15, 0.2) is 0 Å². The van der Waals surface area contributed by atoms with Crippen LogP contribution in [-0.4, -0.2) is 14.2 Å². The van der Waals surface area contributed by atoms with Crippen LogP contribution in [0.4, 0.5) is 4.39 Å². The van der Waals surface area contributed by atoms with Gasteiger partial charge in [0, 0.05) is 16.1 Å². The average Bonchev–Trinajstić information content (AvgIpc) is 2.47. The number of methoxy groups -OCH3 is 1. The number of halogens is 2. The summed E-state index contributed by atoms with van der Waals surface area (Å²) in [7, 11) is 3.49. The van der Waals surface area contributed by atoms with Gasteiger partial charge in [-0.25, -0.2) is 4.39 Å². The molecule has 0 radical (unpaired) electrons. The predicted octanol–water partition coefficient (Wildman–Crippen LogP) is 4.41. The summed E-state index contributed by atoms with van der Waals surface area (Å²) in [6, 6.07) is 11.1. The molecule has 0 saturated heterocycles. The van der Waals surface area contributed by atoms with Gasteiger partial charge in [-0.05, 0) is 55.8 Å². The molecule has 2 rings (SSSR count). The number of aryl methyl sites for hydroxylation is 1. The molecule has 4 heteroatoms. The predicted molar refractivity (Wildman–Crippen MR) is 87.3 cm³/mol.